The molecule has 0 aliphatic heterocycles. The quantitative estimate of drug-likeness (QED) is 0.898. The molecule has 0 atom stereocenters. The van der Waals surface area contributed by atoms with Crippen LogP contribution in [-0.2, 0) is 12.5 Å². The lowest BCUT2D eigenvalue weighted by molar-refractivity contribution is 0.368. The van der Waals surface area contributed by atoms with Crippen LogP contribution in [0.15, 0.2) is 6.20 Å². The molecule has 0 saturated carbocycles. The maximum absolute atomic E-state index is 6.19. The van der Waals surface area contributed by atoms with Gasteiger partial charge in [0.05, 0.1) is 16.9 Å². The van der Waals surface area contributed by atoms with Crippen molar-refractivity contribution in [1.82, 2.24) is 15.1 Å². The lowest BCUT2D eigenvalue weighted by Gasteiger charge is -2.28. The molecule has 0 bridgehead atoms. The fourth-order valence-corrected chi connectivity index (χ4v) is 2.46. The van der Waals surface area contributed by atoms with E-state index >= 15 is 0 Å². The van der Waals surface area contributed by atoms with Gasteiger partial charge >= 0.3 is 0 Å². The maximum Gasteiger partial charge on any atom is 0.0823 e. The van der Waals surface area contributed by atoms with E-state index in [4.69, 9.17) is 11.6 Å². The van der Waals surface area contributed by atoms with Gasteiger partial charge in [0.2, 0.25) is 0 Å². The van der Waals surface area contributed by atoms with Gasteiger partial charge in [-0.15, -0.1) is 0 Å². The Balaban J connectivity index is 2.69. The summed E-state index contributed by atoms with van der Waals surface area (Å²) in [6.45, 7) is 11.9. The average molecular weight is 258 g/mol. The van der Waals surface area contributed by atoms with E-state index in [-0.39, 0.29) is 11.0 Å². The second-order valence-corrected chi connectivity index (χ2v) is 6.68. The molecule has 3 nitrogen and oxygen atoms in total. The highest BCUT2D eigenvalue weighted by molar-refractivity contribution is 6.31. The first-order chi connectivity index (χ1) is 7.63. The topological polar surface area (TPSA) is 29.9 Å². The van der Waals surface area contributed by atoms with Crippen molar-refractivity contribution in [3.05, 3.63) is 16.9 Å². The van der Waals surface area contributed by atoms with Gasteiger partial charge in [-0.2, -0.15) is 5.10 Å². The van der Waals surface area contributed by atoms with E-state index in [1.54, 1.807) is 6.20 Å². The molecule has 0 radical (unpaired) electrons. The van der Waals surface area contributed by atoms with Gasteiger partial charge in [0.15, 0.2) is 0 Å². The third-order valence-electron chi connectivity index (χ3n) is 2.94. The van der Waals surface area contributed by atoms with Crippen molar-refractivity contribution in [2.45, 2.75) is 52.0 Å². The monoisotopic (exact) mass is 257 g/mol. The Morgan fingerprint density at radius 3 is 2.29 bits per heavy atom. The first-order valence-corrected chi connectivity index (χ1v) is 6.44. The lowest BCUT2D eigenvalue weighted by Crippen LogP contribution is -2.38. The third kappa shape index (κ3) is 4.00. The predicted molar refractivity (Wildman–Crippen MR) is 73.6 cm³/mol. The van der Waals surface area contributed by atoms with Crippen molar-refractivity contribution in [2.24, 2.45) is 7.05 Å². The van der Waals surface area contributed by atoms with E-state index in [9.17, 15) is 0 Å². The third-order valence-corrected chi connectivity index (χ3v) is 3.22. The van der Waals surface area contributed by atoms with Gasteiger partial charge in [-0.3, -0.25) is 4.68 Å². The second kappa shape index (κ2) is 4.99. The van der Waals surface area contributed by atoms with Crippen molar-refractivity contribution < 1.29 is 0 Å². The number of aryl methyl sites for hydroxylation is 1. The van der Waals surface area contributed by atoms with Crippen LogP contribution in [0.4, 0.5) is 0 Å². The number of hydrogen-bond acceptors (Lipinski definition) is 2. The average Bonchev–Trinajstić information content (AvgIpc) is 2.43. The van der Waals surface area contributed by atoms with E-state index in [0.29, 0.717) is 0 Å². The highest BCUT2D eigenvalue weighted by Crippen LogP contribution is 2.31. The normalized spacial score (nSPS) is 13.1. The number of nitrogens with zero attached hydrogens (tertiary/aromatic N) is 2. The van der Waals surface area contributed by atoms with Crippen LogP contribution in [0.25, 0.3) is 0 Å². The summed E-state index contributed by atoms with van der Waals surface area (Å²) in [4.78, 5) is 0. The molecule has 0 aromatic carbocycles. The Morgan fingerprint density at radius 2 is 1.88 bits per heavy atom. The van der Waals surface area contributed by atoms with Crippen LogP contribution in [0.5, 0.6) is 0 Å². The molecule has 0 amide bonds. The first-order valence-electron chi connectivity index (χ1n) is 6.06. The molecule has 0 unspecified atom stereocenters. The molecular formula is C13H24ClN3. The van der Waals surface area contributed by atoms with Crippen molar-refractivity contribution in [3.8, 4) is 0 Å². The highest BCUT2D eigenvalue weighted by atomic mass is 35.5. The molecule has 0 saturated heterocycles. The first kappa shape index (κ1) is 14.5. The van der Waals surface area contributed by atoms with Gasteiger partial charge in [-0.25, -0.2) is 0 Å². The Bertz CT molecular complexity index is 355. The number of rotatable bonds is 4. The summed E-state index contributed by atoms with van der Waals surface area (Å²) in [5.41, 5.74) is 1.29. The molecule has 0 aliphatic carbocycles. The minimum absolute atomic E-state index is 0.0284. The molecule has 0 spiro atoms. The van der Waals surface area contributed by atoms with Crippen LogP contribution in [0.3, 0.4) is 0 Å². The Hall–Kier alpha value is -0.540. The van der Waals surface area contributed by atoms with Crippen LogP contribution >= 0.6 is 11.6 Å². The summed E-state index contributed by atoms with van der Waals surface area (Å²) in [5.74, 6) is 0. The molecule has 0 fully saturated rings. The van der Waals surface area contributed by atoms with Crippen LogP contribution < -0.4 is 5.32 Å². The second-order valence-electron chi connectivity index (χ2n) is 6.28. The zero-order chi connectivity index (χ0) is 13.3. The highest BCUT2D eigenvalue weighted by Gasteiger charge is 2.27. The van der Waals surface area contributed by atoms with Crippen LogP contribution in [0.2, 0.25) is 5.02 Å². The smallest absolute Gasteiger partial charge is 0.0823 e. The van der Waals surface area contributed by atoms with Crippen molar-refractivity contribution in [2.75, 3.05) is 6.54 Å². The summed E-state index contributed by atoms with van der Waals surface area (Å²) >= 11 is 6.19. The standard InChI is InChI=1S/C13H24ClN3/c1-12(2,3)15-8-7-13(4,5)11-10(14)9-16-17(11)6/h9,15H,7-8H2,1-6H3. The van der Waals surface area contributed by atoms with E-state index in [0.717, 1.165) is 23.7 Å². The lowest BCUT2D eigenvalue weighted by atomic mass is 9.85. The molecule has 1 aromatic heterocycles. The fraction of sp³-hybridized carbons (Fsp3) is 0.769. The van der Waals surface area contributed by atoms with E-state index < -0.39 is 0 Å². The zero-order valence-corrected chi connectivity index (χ0v) is 12.5. The van der Waals surface area contributed by atoms with Crippen LogP contribution in [-0.4, -0.2) is 21.9 Å². The van der Waals surface area contributed by atoms with Crippen molar-refractivity contribution in [3.63, 3.8) is 0 Å². The van der Waals surface area contributed by atoms with Crippen LogP contribution in [0, 0.1) is 0 Å². The predicted octanol–water partition coefficient (Wildman–Crippen LogP) is 3.13. The number of aromatic nitrogens is 2. The van der Waals surface area contributed by atoms with Crippen molar-refractivity contribution >= 4 is 11.6 Å². The summed E-state index contributed by atoms with van der Waals surface area (Å²) in [6.07, 6.45) is 2.75. The Labute approximate surface area is 110 Å². The Morgan fingerprint density at radius 1 is 1.29 bits per heavy atom. The summed E-state index contributed by atoms with van der Waals surface area (Å²) < 4.78 is 1.87. The zero-order valence-electron chi connectivity index (χ0n) is 11.8. The van der Waals surface area contributed by atoms with Gasteiger partial charge in [-0.05, 0) is 33.7 Å². The van der Waals surface area contributed by atoms with Crippen molar-refractivity contribution in [1.29, 1.82) is 0 Å². The van der Waals surface area contributed by atoms with Gasteiger partial charge in [0.25, 0.3) is 0 Å². The van der Waals surface area contributed by atoms with Gasteiger partial charge in [-0.1, -0.05) is 25.4 Å². The Kier molecular flexibility index (Phi) is 4.26. The number of hydrogen-bond donors (Lipinski definition) is 1. The molecular weight excluding hydrogens is 234 g/mol. The minimum Gasteiger partial charge on any atom is -0.312 e. The minimum atomic E-state index is 0.0284. The molecule has 0 aliphatic rings. The molecule has 1 N–H and O–H groups in total. The molecule has 98 valence electrons. The van der Waals surface area contributed by atoms with Gasteiger partial charge in [0, 0.05) is 18.0 Å². The maximum atomic E-state index is 6.19. The van der Waals surface area contributed by atoms with Gasteiger partial charge < -0.3 is 5.32 Å². The summed E-state index contributed by atoms with van der Waals surface area (Å²) in [7, 11) is 1.94. The molecule has 1 rings (SSSR count). The molecule has 17 heavy (non-hydrogen) atoms. The SMILES string of the molecule is Cn1ncc(Cl)c1C(C)(C)CCNC(C)(C)C. The molecule has 4 heteroatoms. The fourth-order valence-electron chi connectivity index (χ4n) is 2.04. The summed E-state index contributed by atoms with van der Waals surface area (Å²) in [5, 5.41) is 8.47. The number of nitrogens with one attached hydrogen (secondary N) is 1. The van der Waals surface area contributed by atoms with E-state index in [1.807, 2.05) is 11.7 Å². The summed E-state index contributed by atoms with van der Waals surface area (Å²) in [6, 6.07) is 0. The van der Waals surface area contributed by atoms with Gasteiger partial charge in [0.1, 0.15) is 0 Å². The number of halogens is 1. The van der Waals surface area contributed by atoms with E-state index in [1.165, 1.54) is 0 Å². The molecule has 1 aromatic rings. The van der Waals surface area contributed by atoms with E-state index in [2.05, 4.69) is 45.0 Å². The molecule has 1 heterocycles. The largest absolute Gasteiger partial charge is 0.312 e. The van der Waals surface area contributed by atoms with Crippen LogP contribution in [0.1, 0.15) is 46.7 Å².